The highest BCUT2D eigenvalue weighted by Gasteiger charge is 2.41. The number of amides is 3. The minimum absolute atomic E-state index is 0.0763. The van der Waals surface area contributed by atoms with E-state index in [1.807, 2.05) is 43.4 Å². The Morgan fingerprint density at radius 1 is 1.00 bits per heavy atom. The van der Waals surface area contributed by atoms with Crippen LogP contribution in [0.2, 0.25) is 0 Å². The number of imide groups is 1. The highest BCUT2D eigenvalue weighted by atomic mass is 16.5. The monoisotopic (exact) mass is 617 g/mol. The van der Waals surface area contributed by atoms with E-state index in [1.165, 1.54) is 0 Å². The van der Waals surface area contributed by atoms with Crippen LogP contribution >= 0.6 is 0 Å². The first-order valence-corrected chi connectivity index (χ1v) is 15.1. The molecule has 3 amide bonds. The SMILES string of the molecule is COc1cc(-c2cn(C)c(=O)c3cnc(N(C)C)cc23)cc(OC)c1CN1CC(N2CCN(C3CCC(=O)NC3=O)C(=O)C2)C1. The van der Waals surface area contributed by atoms with Crippen LogP contribution in [0.3, 0.4) is 0 Å². The van der Waals surface area contributed by atoms with Crippen molar-refractivity contribution in [3.05, 3.63) is 46.5 Å². The van der Waals surface area contributed by atoms with E-state index in [9.17, 15) is 19.2 Å². The van der Waals surface area contributed by atoms with Crippen LogP contribution < -0.4 is 25.2 Å². The summed E-state index contributed by atoms with van der Waals surface area (Å²) in [6.45, 7) is 3.59. The van der Waals surface area contributed by atoms with Crippen molar-refractivity contribution in [2.45, 2.75) is 31.5 Å². The summed E-state index contributed by atoms with van der Waals surface area (Å²) in [7, 11) is 8.84. The number of rotatable bonds is 8. The lowest BCUT2D eigenvalue weighted by molar-refractivity contribution is -0.150. The van der Waals surface area contributed by atoms with Crippen molar-refractivity contribution in [1.29, 1.82) is 0 Å². The molecule has 0 saturated carbocycles. The molecule has 1 unspecified atom stereocenters. The van der Waals surface area contributed by atoms with Crippen LogP contribution in [-0.2, 0) is 28.0 Å². The number of hydrogen-bond donors (Lipinski definition) is 1. The van der Waals surface area contributed by atoms with E-state index in [0.29, 0.717) is 42.9 Å². The van der Waals surface area contributed by atoms with Crippen LogP contribution in [-0.4, -0.2) is 115 Å². The first-order valence-electron chi connectivity index (χ1n) is 15.1. The predicted molar refractivity (Wildman–Crippen MR) is 168 cm³/mol. The van der Waals surface area contributed by atoms with E-state index in [-0.39, 0.29) is 42.3 Å². The van der Waals surface area contributed by atoms with Gasteiger partial charge in [0.15, 0.2) is 0 Å². The number of nitrogens with zero attached hydrogens (tertiary/aromatic N) is 6. The van der Waals surface area contributed by atoms with Crippen molar-refractivity contribution in [3.63, 3.8) is 0 Å². The summed E-state index contributed by atoms with van der Waals surface area (Å²) in [5.41, 5.74) is 2.53. The average Bonchev–Trinajstić information content (AvgIpc) is 3.00. The molecular formula is C32H39N7O6. The smallest absolute Gasteiger partial charge is 0.259 e. The number of piperidine rings is 1. The number of nitrogens with one attached hydrogen (secondary N) is 1. The fourth-order valence-electron chi connectivity index (χ4n) is 6.57. The maximum Gasteiger partial charge on any atom is 0.259 e. The third-order valence-electron chi connectivity index (χ3n) is 9.14. The number of ether oxygens (including phenoxy) is 2. The Kier molecular flexibility index (Phi) is 8.23. The molecule has 3 saturated heterocycles. The first-order chi connectivity index (χ1) is 21.6. The molecule has 13 heteroatoms. The van der Waals surface area contributed by atoms with Crippen LogP contribution in [0.4, 0.5) is 5.82 Å². The Hall–Kier alpha value is -4.49. The second-order valence-electron chi connectivity index (χ2n) is 12.2. The van der Waals surface area contributed by atoms with Crippen molar-refractivity contribution < 1.29 is 23.9 Å². The maximum atomic E-state index is 13.0. The van der Waals surface area contributed by atoms with Gasteiger partial charge in [-0.2, -0.15) is 0 Å². The molecule has 1 N–H and O–H groups in total. The molecule has 45 heavy (non-hydrogen) atoms. The van der Waals surface area contributed by atoms with Crippen molar-refractivity contribution in [3.8, 4) is 22.6 Å². The number of anilines is 1. The molecule has 0 aliphatic carbocycles. The molecule has 6 rings (SSSR count). The summed E-state index contributed by atoms with van der Waals surface area (Å²) in [5.74, 6) is 1.38. The van der Waals surface area contributed by atoms with Gasteiger partial charge in [0.25, 0.3) is 5.56 Å². The van der Waals surface area contributed by atoms with Gasteiger partial charge in [-0.1, -0.05) is 0 Å². The normalized spacial score (nSPS) is 19.9. The van der Waals surface area contributed by atoms with Gasteiger partial charge in [0, 0.05) is 89.7 Å². The van der Waals surface area contributed by atoms with E-state index in [0.717, 1.165) is 41.0 Å². The summed E-state index contributed by atoms with van der Waals surface area (Å²) >= 11 is 0. The fourth-order valence-corrected chi connectivity index (χ4v) is 6.57. The van der Waals surface area contributed by atoms with Gasteiger partial charge >= 0.3 is 0 Å². The first kappa shape index (κ1) is 30.5. The van der Waals surface area contributed by atoms with Gasteiger partial charge in [0.1, 0.15) is 23.4 Å². The summed E-state index contributed by atoms with van der Waals surface area (Å²) < 4.78 is 13.3. The van der Waals surface area contributed by atoms with Crippen LogP contribution in [0, 0.1) is 0 Å². The van der Waals surface area contributed by atoms with Crippen LogP contribution in [0.5, 0.6) is 11.5 Å². The number of pyridine rings is 2. The van der Waals surface area contributed by atoms with Gasteiger partial charge in [0.05, 0.1) is 31.7 Å². The zero-order valence-electron chi connectivity index (χ0n) is 26.3. The Morgan fingerprint density at radius 2 is 1.71 bits per heavy atom. The van der Waals surface area contributed by atoms with Gasteiger partial charge in [-0.3, -0.25) is 34.3 Å². The molecule has 2 aromatic heterocycles. The second kappa shape index (κ2) is 12.1. The highest BCUT2D eigenvalue weighted by molar-refractivity contribution is 6.02. The molecule has 3 aromatic rings. The topological polar surface area (TPSA) is 130 Å². The number of aryl methyl sites for hydroxylation is 1. The fraction of sp³-hybridized carbons (Fsp3) is 0.469. The van der Waals surface area contributed by atoms with E-state index in [2.05, 4.69) is 20.1 Å². The molecule has 5 heterocycles. The van der Waals surface area contributed by atoms with Crippen molar-refractivity contribution in [2.75, 3.05) is 65.9 Å². The maximum absolute atomic E-state index is 13.0. The molecule has 1 atom stereocenters. The van der Waals surface area contributed by atoms with Crippen LogP contribution in [0.25, 0.3) is 21.9 Å². The Balaban J connectivity index is 1.18. The number of piperazine rings is 1. The van der Waals surface area contributed by atoms with Gasteiger partial charge in [-0.15, -0.1) is 0 Å². The summed E-state index contributed by atoms with van der Waals surface area (Å²) in [5, 5.41) is 3.68. The van der Waals surface area contributed by atoms with Crippen LogP contribution in [0.15, 0.2) is 35.4 Å². The zero-order valence-corrected chi connectivity index (χ0v) is 26.3. The van der Waals surface area contributed by atoms with Gasteiger partial charge in [-0.05, 0) is 30.2 Å². The van der Waals surface area contributed by atoms with E-state index in [4.69, 9.17) is 9.47 Å². The highest BCUT2D eigenvalue weighted by Crippen LogP contribution is 2.39. The third-order valence-corrected chi connectivity index (χ3v) is 9.14. The molecule has 0 radical (unpaired) electrons. The number of benzene rings is 1. The summed E-state index contributed by atoms with van der Waals surface area (Å²) in [6, 6.07) is 5.55. The van der Waals surface area contributed by atoms with Crippen molar-refractivity contribution >= 4 is 34.3 Å². The van der Waals surface area contributed by atoms with Gasteiger partial charge < -0.3 is 23.8 Å². The minimum Gasteiger partial charge on any atom is -0.496 e. The summed E-state index contributed by atoms with van der Waals surface area (Å²) in [6.07, 6.45) is 4.09. The van der Waals surface area contributed by atoms with Gasteiger partial charge in [0.2, 0.25) is 17.7 Å². The predicted octanol–water partition coefficient (Wildman–Crippen LogP) is 0.817. The third kappa shape index (κ3) is 5.73. The Bertz CT molecular complexity index is 1710. The van der Waals surface area contributed by atoms with E-state index >= 15 is 0 Å². The molecule has 3 aliphatic rings. The van der Waals surface area contributed by atoms with Crippen molar-refractivity contribution in [2.24, 2.45) is 7.05 Å². The average molecular weight is 618 g/mol. The quantitative estimate of drug-likeness (QED) is 0.363. The minimum atomic E-state index is -0.566. The zero-order chi connectivity index (χ0) is 32.0. The molecule has 13 nitrogen and oxygen atoms in total. The van der Waals surface area contributed by atoms with Gasteiger partial charge in [-0.25, -0.2) is 4.98 Å². The number of hydrogen-bond acceptors (Lipinski definition) is 10. The number of carbonyl (C=O) groups is 3. The standard InChI is InChI=1S/C32H39N7O6/c1-35(2)28-12-21-22(13-33-28)32(43)36(3)16-23(21)19-10-26(44-4)24(27(11-19)45-5)17-37-14-20(15-37)38-8-9-39(30(41)18-38)25-6-7-29(40)34-31(25)42/h10-13,16,20,25H,6-9,14-15,17-18H2,1-5H3,(H,34,40,42). The van der Waals surface area contributed by atoms with E-state index < -0.39 is 6.04 Å². The number of methoxy groups -OCH3 is 2. The van der Waals surface area contributed by atoms with E-state index in [1.54, 1.807) is 36.9 Å². The molecule has 0 spiro atoms. The number of fused-ring (bicyclic) bond motifs is 1. The molecule has 0 bridgehead atoms. The largest absolute Gasteiger partial charge is 0.496 e. The number of aromatic nitrogens is 2. The summed E-state index contributed by atoms with van der Waals surface area (Å²) in [4.78, 5) is 62.2. The number of likely N-dealkylation sites (tertiary alicyclic amines) is 1. The Labute approximate surface area is 261 Å². The van der Waals surface area contributed by atoms with Crippen molar-refractivity contribution in [1.82, 2.24) is 29.6 Å². The molecule has 1 aromatic carbocycles. The van der Waals surface area contributed by atoms with Crippen LogP contribution in [0.1, 0.15) is 18.4 Å². The lowest BCUT2D eigenvalue weighted by Gasteiger charge is -2.48. The molecular weight excluding hydrogens is 578 g/mol. The molecule has 3 fully saturated rings. The number of carbonyl (C=O) groups excluding carboxylic acids is 3. The lowest BCUT2D eigenvalue weighted by atomic mass is 9.97. The molecule has 238 valence electrons. The lowest BCUT2D eigenvalue weighted by Crippen LogP contribution is -2.66. The second-order valence-corrected chi connectivity index (χ2v) is 12.2. The Morgan fingerprint density at radius 3 is 2.33 bits per heavy atom. The molecule has 3 aliphatic heterocycles.